The molecular formula is C16H16F4N4O3. The largest absolute Gasteiger partial charge is 0.449 e. The highest BCUT2D eigenvalue weighted by Crippen LogP contribution is 2.30. The molecule has 0 saturated carbocycles. The summed E-state index contributed by atoms with van der Waals surface area (Å²) in [5.74, 6) is -0.978. The molecule has 0 aliphatic carbocycles. The number of rotatable bonds is 6. The fraction of sp³-hybridized carbons (Fsp3) is 0.438. The molecule has 0 radical (unpaired) electrons. The first kappa shape index (κ1) is 19.1. The number of aromatic amines is 1. The predicted molar refractivity (Wildman–Crippen MR) is 83.0 cm³/mol. The molecule has 1 N–H and O–H groups in total. The van der Waals surface area contributed by atoms with Crippen LogP contribution in [0.15, 0.2) is 24.4 Å². The van der Waals surface area contributed by atoms with Crippen LogP contribution in [0.5, 0.6) is 0 Å². The Kier molecular flexibility index (Phi) is 5.59. The van der Waals surface area contributed by atoms with Crippen molar-refractivity contribution >= 4 is 6.09 Å². The van der Waals surface area contributed by atoms with Crippen molar-refractivity contribution < 1.29 is 31.8 Å². The Balaban J connectivity index is 1.37. The number of aromatic nitrogens is 3. The van der Waals surface area contributed by atoms with E-state index in [9.17, 15) is 22.4 Å². The Hall–Kier alpha value is -2.69. The van der Waals surface area contributed by atoms with Crippen LogP contribution in [0.1, 0.15) is 16.8 Å². The fourth-order valence-corrected chi connectivity index (χ4v) is 2.42. The number of benzene rings is 1. The van der Waals surface area contributed by atoms with Crippen LogP contribution in [-0.4, -0.2) is 52.2 Å². The molecule has 2 aromatic rings. The zero-order valence-corrected chi connectivity index (χ0v) is 14.0. The third kappa shape index (κ3) is 4.94. The first-order valence-corrected chi connectivity index (χ1v) is 8.06. The topological polar surface area (TPSA) is 80.3 Å². The number of H-pyrrole nitrogens is 1. The van der Waals surface area contributed by atoms with E-state index in [-0.39, 0.29) is 38.0 Å². The molecule has 1 saturated heterocycles. The van der Waals surface area contributed by atoms with E-state index in [1.807, 2.05) is 0 Å². The van der Waals surface area contributed by atoms with Crippen LogP contribution in [0.25, 0.3) is 0 Å². The lowest BCUT2D eigenvalue weighted by Gasteiger charge is -2.37. The molecule has 3 rings (SSSR count). The van der Waals surface area contributed by atoms with Crippen molar-refractivity contribution in [2.24, 2.45) is 0 Å². The quantitative estimate of drug-likeness (QED) is 0.770. The molecular weight excluding hydrogens is 372 g/mol. The number of carbonyl (C=O) groups excluding carboxylic acids is 1. The summed E-state index contributed by atoms with van der Waals surface area (Å²) in [6.45, 7) is 0.518. The maximum absolute atomic E-state index is 13.7. The van der Waals surface area contributed by atoms with E-state index in [1.165, 1.54) is 11.1 Å². The van der Waals surface area contributed by atoms with Crippen molar-refractivity contribution in [2.45, 2.75) is 25.3 Å². The van der Waals surface area contributed by atoms with Gasteiger partial charge in [0, 0.05) is 12.0 Å². The third-order valence-electron chi connectivity index (χ3n) is 4.01. The zero-order chi connectivity index (χ0) is 19.4. The lowest BCUT2D eigenvalue weighted by atomic mass is 10.1. The summed E-state index contributed by atoms with van der Waals surface area (Å²) in [6, 6.07) is 2.30. The van der Waals surface area contributed by atoms with Crippen LogP contribution in [0.3, 0.4) is 0 Å². The van der Waals surface area contributed by atoms with Gasteiger partial charge < -0.3 is 14.4 Å². The second-order valence-corrected chi connectivity index (χ2v) is 5.97. The molecule has 11 heteroatoms. The smallest absolute Gasteiger partial charge is 0.416 e. The fourth-order valence-electron chi connectivity index (χ4n) is 2.42. The Labute approximate surface area is 151 Å². The van der Waals surface area contributed by atoms with Crippen LogP contribution < -0.4 is 0 Å². The highest BCUT2D eigenvalue weighted by molar-refractivity contribution is 5.68. The van der Waals surface area contributed by atoms with E-state index in [4.69, 9.17) is 9.47 Å². The van der Waals surface area contributed by atoms with Gasteiger partial charge in [-0.15, -0.1) is 0 Å². The Morgan fingerprint density at radius 3 is 2.74 bits per heavy atom. The highest BCUT2D eigenvalue weighted by Gasteiger charge is 2.33. The van der Waals surface area contributed by atoms with E-state index < -0.39 is 23.7 Å². The first-order chi connectivity index (χ1) is 12.8. The molecule has 0 bridgehead atoms. The van der Waals surface area contributed by atoms with E-state index in [1.54, 1.807) is 0 Å². The van der Waals surface area contributed by atoms with Gasteiger partial charge in [-0.2, -0.15) is 28.6 Å². The van der Waals surface area contributed by atoms with E-state index in [0.29, 0.717) is 18.2 Å². The molecule has 0 unspecified atom stereocenters. The molecule has 1 aliphatic heterocycles. The molecule has 0 atom stereocenters. The van der Waals surface area contributed by atoms with Crippen molar-refractivity contribution in [3.63, 3.8) is 0 Å². The number of hydrogen-bond acceptors (Lipinski definition) is 5. The third-order valence-corrected chi connectivity index (χ3v) is 4.01. The van der Waals surface area contributed by atoms with Crippen molar-refractivity contribution in [1.82, 2.24) is 20.3 Å². The van der Waals surface area contributed by atoms with Gasteiger partial charge in [-0.05, 0) is 12.1 Å². The molecule has 146 valence electrons. The highest BCUT2D eigenvalue weighted by atomic mass is 19.4. The van der Waals surface area contributed by atoms with Crippen LogP contribution in [-0.2, 0) is 28.7 Å². The van der Waals surface area contributed by atoms with Gasteiger partial charge in [-0.3, -0.25) is 0 Å². The minimum Gasteiger partial charge on any atom is -0.449 e. The monoisotopic (exact) mass is 388 g/mol. The summed E-state index contributed by atoms with van der Waals surface area (Å²) in [6.07, 6.45) is -3.46. The number of likely N-dealkylation sites (tertiary alicyclic amines) is 1. The van der Waals surface area contributed by atoms with Gasteiger partial charge in [-0.1, -0.05) is 6.07 Å². The summed E-state index contributed by atoms with van der Waals surface area (Å²) in [4.78, 5) is 13.2. The number of nitrogens with zero attached hydrogens (tertiary/aromatic N) is 3. The average Bonchev–Trinajstić information content (AvgIpc) is 3.07. The Morgan fingerprint density at radius 2 is 2.11 bits per heavy atom. The number of halogens is 4. The Bertz CT molecular complexity index is 776. The van der Waals surface area contributed by atoms with Gasteiger partial charge in [-0.25, -0.2) is 9.18 Å². The SMILES string of the molecule is O=C(OCCc1cn[nH]n1)N1CC(OCc2ccc(C(F)(F)F)cc2F)C1. The molecule has 2 heterocycles. The minimum atomic E-state index is -4.59. The normalized spacial score (nSPS) is 14.9. The predicted octanol–water partition coefficient (Wildman–Crippen LogP) is 2.54. The van der Waals surface area contributed by atoms with Crippen LogP contribution in [0.2, 0.25) is 0 Å². The number of ether oxygens (including phenoxy) is 2. The van der Waals surface area contributed by atoms with Gasteiger partial charge in [0.25, 0.3) is 0 Å². The zero-order valence-electron chi connectivity index (χ0n) is 14.0. The summed E-state index contributed by atoms with van der Waals surface area (Å²) >= 11 is 0. The second kappa shape index (κ2) is 7.91. The van der Waals surface area contributed by atoms with E-state index >= 15 is 0 Å². The van der Waals surface area contributed by atoms with Crippen molar-refractivity contribution in [2.75, 3.05) is 19.7 Å². The van der Waals surface area contributed by atoms with Crippen molar-refractivity contribution in [3.05, 3.63) is 47.0 Å². The van der Waals surface area contributed by atoms with Crippen molar-refractivity contribution in [1.29, 1.82) is 0 Å². The van der Waals surface area contributed by atoms with Gasteiger partial charge in [0.1, 0.15) is 5.82 Å². The van der Waals surface area contributed by atoms with Gasteiger partial charge in [0.15, 0.2) is 0 Å². The molecule has 1 aliphatic rings. The average molecular weight is 388 g/mol. The summed E-state index contributed by atoms with van der Waals surface area (Å²) < 4.78 is 61.8. The molecule has 0 spiro atoms. The Morgan fingerprint density at radius 1 is 1.33 bits per heavy atom. The number of amides is 1. The number of carbonyl (C=O) groups is 1. The van der Waals surface area contributed by atoms with E-state index in [0.717, 1.165) is 12.1 Å². The van der Waals surface area contributed by atoms with Gasteiger partial charge in [0.05, 0.1) is 49.9 Å². The number of alkyl halides is 3. The summed E-state index contributed by atoms with van der Waals surface area (Å²) in [5, 5.41) is 9.91. The van der Waals surface area contributed by atoms with Crippen LogP contribution >= 0.6 is 0 Å². The maximum atomic E-state index is 13.7. The molecule has 27 heavy (non-hydrogen) atoms. The minimum absolute atomic E-state index is 0.0247. The maximum Gasteiger partial charge on any atom is 0.416 e. The number of hydrogen-bond donors (Lipinski definition) is 1. The lowest BCUT2D eigenvalue weighted by molar-refractivity contribution is -0.137. The molecule has 1 amide bonds. The summed E-state index contributed by atoms with van der Waals surface area (Å²) in [7, 11) is 0. The van der Waals surface area contributed by atoms with Gasteiger partial charge >= 0.3 is 12.3 Å². The van der Waals surface area contributed by atoms with Gasteiger partial charge in [0.2, 0.25) is 0 Å². The number of nitrogens with one attached hydrogen (secondary N) is 1. The second-order valence-electron chi connectivity index (χ2n) is 5.97. The standard InChI is InChI=1S/C16H16F4N4O3/c17-14-5-11(16(18,19)20)2-1-10(14)9-27-13-7-24(8-13)15(25)26-4-3-12-6-21-23-22-12/h1-2,5-6,13H,3-4,7-9H2,(H,21,22,23). The van der Waals surface area contributed by atoms with Crippen LogP contribution in [0.4, 0.5) is 22.4 Å². The molecule has 1 fully saturated rings. The molecule has 1 aromatic heterocycles. The summed E-state index contributed by atoms with van der Waals surface area (Å²) in [5.41, 5.74) is -0.352. The molecule has 1 aromatic carbocycles. The van der Waals surface area contributed by atoms with Crippen LogP contribution in [0, 0.1) is 5.82 Å². The van der Waals surface area contributed by atoms with E-state index in [2.05, 4.69) is 15.4 Å². The van der Waals surface area contributed by atoms with Crippen molar-refractivity contribution in [3.8, 4) is 0 Å². The lowest BCUT2D eigenvalue weighted by Crippen LogP contribution is -2.54. The molecule has 7 nitrogen and oxygen atoms in total. The first-order valence-electron chi connectivity index (χ1n) is 8.06.